The molecule has 0 radical (unpaired) electrons. The minimum atomic E-state index is -0.371. The summed E-state index contributed by atoms with van der Waals surface area (Å²) in [6.45, 7) is 8.33. The monoisotopic (exact) mass is 413 g/mol. The van der Waals surface area contributed by atoms with Crippen LogP contribution in [-0.4, -0.2) is 24.5 Å². The molecule has 2 heterocycles. The summed E-state index contributed by atoms with van der Waals surface area (Å²) in [4.78, 5) is 7.14. The van der Waals surface area contributed by atoms with Crippen molar-refractivity contribution < 1.29 is 9.31 Å². The molecule has 150 valence electrons. The van der Waals surface area contributed by atoms with Crippen molar-refractivity contribution in [3.8, 4) is 11.1 Å². The Kier molecular flexibility index (Phi) is 4.66. The van der Waals surface area contributed by atoms with E-state index in [1.807, 2.05) is 12.3 Å². The maximum Gasteiger partial charge on any atom is 0.494 e. The Morgan fingerprint density at radius 3 is 2.30 bits per heavy atom. The zero-order chi connectivity index (χ0) is 20.9. The number of para-hydroxylation sites is 1. The van der Waals surface area contributed by atoms with Crippen LogP contribution in [0.15, 0.2) is 81.5 Å². The van der Waals surface area contributed by atoms with Gasteiger partial charge in [-0.2, -0.15) is 0 Å². The lowest BCUT2D eigenvalue weighted by Gasteiger charge is -2.32. The van der Waals surface area contributed by atoms with Gasteiger partial charge in [-0.25, -0.2) is 0 Å². The van der Waals surface area contributed by atoms with Gasteiger partial charge in [0.2, 0.25) is 0 Å². The topological polar surface area (TPSA) is 30.8 Å². The number of nitrogens with zero attached hydrogens (tertiary/aromatic N) is 1. The number of hydrogen-bond donors (Lipinski definition) is 0. The summed E-state index contributed by atoms with van der Waals surface area (Å²) in [5.41, 5.74) is 4.77. The van der Waals surface area contributed by atoms with Gasteiger partial charge in [-0.3, -0.25) is 4.99 Å². The standard InChI is InChI=1S/C25H24BNO2S/c1-24(2)25(3,4)29-26(28-24)18-10-7-9-17(15-18)19-11-8-14-22-20(19)16-27-21-12-5-6-13-23(21)30-22/h5-16H,1-4H3. The molecule has 0 aliphatic carbocycles. The third-order valence-electron chi connectivity index (χ3n) is 6.21. The molecule has 3 aromatic rings. The molecule has 0 N–H and O–H groups in total. The van der Waals surface area contributed by atoms with Gasteiger partial charge in [-0.15, -0.1) is 0 Å². The zero-order valence-electron chi connectivity index (χ0n) is 17.7. The van der Waals surface area contributed by atoms with Crippen molar-refractivity contribution in [2.75, 3.05) is 0 Å². The third-order valence-corrected chi connectivity index (χ3v) is 7.35. The number of fused-ring (bicyclic) bond motifs is 2. The van der Waals surface area contributed by atoms with E-state index in [0.717, 1.165) is 27.8 Å². The van der Waals surface area contributed by atoms with E-state index in [4.69, 9.17) is 14.3 Å². The van der Waals surface area contributed by atoms with Crippen LogP contribution in [0.1, 0.15) is 33.3 Å². The molecule has 1 fully saturated rings. The molecule has 5 heteroatoms. The second kappa shape index (κ2) is 7.12. The van der Waals surface area contributed by atoms with Crippen molar-refractivity contribution in [1.29, 1.82) is 0 Å². The molecule has 0 unspecified atom stereocenters. The Bertz CT molecular complexity index is 1140. The number of rotatable bonds is 2. The molecule has 0 saturated carbocycles. The smallest absolute Gasteiger partial charge is 0.399 e. The van der Waals surface area contributed by atoms with Crippen molar-refractivity contribution >= 4 is 36.2 Å². The molecule has 30 heavy (non-hydrogen) atoms. The summed E-state index contributed by atoms with van der Waals surface area (Å²) in [6, 6.07) is 23.2. The number of aliphatic imine (C=N–C) groups is 1. The van der Waals surface area contributed by atoms with Crippen molar-refractivity contribution in [2.24, 2.45) is 4.99 Å². The van der Waals surface area contributed by atoms with Crippen LogP contribution in [0.2, 0.25) is 0 Å². The first-order valence-corrected chi connectivity index (χ1v) is 11.1. The highest BCUT2D eigenvalue weighted by molar-refractivity contribution is 7.99. The molecule has 0 amide bonds. The second-order valence-electron chi connectivity index (χ2n) is 8.76. The molecule has 1 saturated heterocycles. The number of benzene rings is 3. The fourth-order valence-corrected chi connectivity index (χ4v) is 4.78. The van der Waals surface area contributed by atoms with E-state index in [0.29, 0.717) is 0 Å². The van der Waals surface area contributed by atoms with Crippen LogP contribution >= 0.6 is 11.8 Å². The van der Waals surface area contributed by atoms with Crippen molar-refractivity contribution in [3.05, 3.63) is 72.3 Å². The minimum Gasteiger partial charge on any atom is -0.399 e. The normalized spacial score (nSPS) is 18.6. The highest BCUT2D eigenvalue weighted by atomic mass is 32.2. The average Bonchev–Trinajstić information content (AvgIpc) is 2.86. The summed E-state index contributed by atoms with van der Waals surface area (Å²) in [5.74, 6) is 0. The Balaban J connectivity index is 1.54. The van der Waals surface area contributed by atoms with Crippen LogP contribution in [0.4, 0.5) is 5.69 Å². The summed E-state index contributed by atoms with van der Waals surface area (Å²) >= 11 is 1.77. The van der Waals surface area contributed by atoms with Gasteiger partial charge < -0.3 is 9.31 Å². The molecule has 3 aromatic carbocycles. The Labute approximate surface area is 182 Å². The van der Waals surface area contributed by atoms with Crippen molar-refractivity contribution in [1.82, 2.24) is 0 Å². The quantitative estimate of drug-likeness (QED) is 0.385. The summed E-state index contributed by atoms with van der Waals surface area (Å²) in [7, 11) is -0.371. The summed E-state index contributed by atoms with van der Waals surface area (Å²) in [6.07, 6.45) is 1.99. The number of hydrogen-bond acceptors (Lipinski definition) is 4. The molecule has 0 spiro atoms. The predicted octanol–water partition coefficient (Wildman–Crippen LogP) is 5.87. The van der Waals surface area contributed by atoms with E-state index in [9.17, 15) is 0 Å². The van der Waals surface area contributed by atoms with E-state index >= 15 is 0 Å². The molecule has 2 aliphatic heterocycles. The summed E-state index contributed by atoms with van der Waals surface area (Å²) < 4.78 is 12.5. The lowest BCUT2D eigenvalue weighted by atomic mass is 9.78. The van der Waals surface area contributed by atoms with Crippen LogP contribution in [-0.2, 0) is 9.31 Å². The van der Waals surface area contributed by atoms with E-state index in [1.54, 1.807) is 11.8 Å². The molecule has 2 aliphatic rings. The van der Waals surface area contributed by atoms with Gasteiger partial charge in [0.15, 0.2) is 0 Å². The molecule has 5 rings (SSSR count). The van der Waals surface area contributed by atoms with Crippen LogP contribution in [0.25, 0.3) is 11.1 Å². The van der Waals surface area contributed by atoms with Crippen LogP contribution < -0.4 is 5.46 Å². The lowest BCUT2D eigenvalue weighted by molar-refractivity contribution is 0.00578. The van der Waals surface area contributed by atoms with Crippen molar-refractivity contribution in [2.45, 2.75) is 48.7 Å². The van der Waals surface area contributed by atoms with Crippen molar-refractivity contribution in [3.63, 3.8) is 0 Å². The van der Waals surface area contributed by atoms with Gasteiger partial charge in [0.05, 0.1) is 16.9 Å². The highest BCUT2D eigenvalue weighted by Gasteiger charge is 2.51. The fraction of sp³-hybridized carbons (Fsp3) is 0.240. The maximum absolute atomic E-state index is 6.26. The molecule has 0 atom stereocenters. The van der Waals surface area contributed by atoms with E-state index in [-0.39, 0.29) is 18.3 Å². The molecular formula is C25H24BNO2S. The van der Waals surface area contributed by atoms with E-state index in [2.05, 4.69) is 88.4 Å². The van der Waals surface area contributed by atoms with E-state index in [1.165, 1.54) is 9.79 Å². The first-order chi connectivity index (χ1) is 14.3. The lowest BCUT2D eigenvalue weighted by Crippen LogP contribution is -2.41. The van der Waals surface area contributed by atoms with Gasteiger partial charge >= 0.3 is 7.12 Å². The van der Waals surface area contributed by atoms with Gasteiger partial charge in [-0.1, -0.05) is 60.3 Å². The van der Waals surface area contributed by atoms with Gasteiger partial charge in [-0.05, 0) is 62.5 Å². The maximum atomic E-state index is 6.26. The summed E-state index contributed by atoms with van der Waals surface area (Å²) in [5, 5.41) is 0. The van der Waals surface area contributed by atoms with Crippen LogP contribution in [0.3, 0.4) is 0 Å². The molecular weight excluding hydrogens is 389 g/mol. The first kappa shape index (κ1) is 19.6. The largest absolute Gasteiger partial charge is 0.494 e. The predicted molar refractivity (Wildman–Crippen MR) is 125 cm³/mol. The molecule has 0 bridgehead atoms. The van der Waals surface area contributed by atoms with Gasteiger partial charge in [0.1, 0.15) is 0 Å². The Morgan fingerprint density at radius 1 is 0.800 bits per heavy atom. The zero-order valence-corrected chi connectivity index (χ0v) is 18.5. The second-order valence-corrected chi connectivity index (χ2v) is 9.84. The van der Waals surface area contributed by atoms with E-state index < -0.39 is 0 Å². The van der Waals surface area contributed by atoms with Crippen LogP contribution in [0, 0.1) is 0 Å². The van der Waals surface area contributed by atoms with Gasteiger partial charge in [0, 0.05) is 21.6 Å². The van der Waals surface area contributed by atoms with Crippen LogP contribution in [0.5, 0.6) is 0 Å². The SMILES string of the molecule is CC1(C)OB(c2cccc(-c3cccc4c3C=Nc3ccccc3S4)c2)OC1(C)C. The first-order valence-electron chi connectivity index (χ1n) is 10.2. The minimum absolute atomic E-state index is 0.355. The fourth-order valence-electron chi connectivity index (χ4n) is 3.75. The highest BCUT2D eigenvalue weighted by Crippen LogP contribution is 2.41. The Morgan fingerprint density at radius 2 is 1.50 bits per heavy atom. The molecule has 3 nitrogen and oxygen atoms in total. The average molecular weight is 413 g/mol. The Hall–Kier alpha value is -2.34. The molecule has 0 aromatic heterocycles. The third kappa shape index (κ3) is 3.31. The van der Waals surface area contributed by atoms with Gasteiger partial charge in [0.25, 0.3) is 0 Å².